The van der Waals surface area contributed by atoms with Gasteiger partial charge >= 0.3 is 12.1 Å². The number of hydrogen-bond donors (Lipinski definition) is 0. The SMILES string of the molecule is CC(C)COCC(F)(F)C(F)C(F)(F)F. The standard InChI is InChI=1S/C8H12F6O/c1-5(2)3-15-4-7(10,11)6(9)8(12,13)14/h5-6H,3-4H2,1-2H3. The van der Waals surface area contributed by atoms with Gasteiger partial charge in [-0.05, 0) is 5.92 Å². The Kier molecular flexibility index (Phi) is 4.89. The molecule has 0 saturated heterocycles. The van der Waals surface area contributed by atoms with Crippen molar-refractivity contribution in [1.82, 2.24) is 0 Å². The fourth-order valence-corrected chi connectivity index (χ4v) is 0.743. The quantitative estimate of drug-likeness (QED) is 0.668. The van der Waals surface area contributed by atoms with Crippen LogP contribution in [0.5, 0.6) is 0 Å². The van der Waals surface area contributed by atoms with Gasteiger partial charge in [-0.15, -0.1) is 0 Å². The van der Waals surface area contributed by atoms with Crippen LogP contribution in [0.1, 0.15) is 13.8 Å². The summed E-state index contributed by atoms with van der Waals surface area (Å²) in [4.78, 5) is 0. The van der Waals surface area contributed by atoms with Crippen molar-refractivity contribution < 1.29 is 31.1 Å². The third-order valence-electron chi connectivity index (χ3n) is 1.40. The van der Waals surface area contributed by atoms with Crippen LogP contribution < -0.4 is 0 Å². The molecule has 0 N–H and O–H groups in total. The molecule has 0 aliphatic rings. The molecule has 92 valence electrons. The summed E-state index contributed by atoms with van der Waals surface area (Å²) >= 11 is 0. The second-order valence-electron chi connectivity index (χ2n) is 3.57. The van der Waals surface area contributed by atoms with Crippen molar-refractivity contribution in [2.45, 2.75) is 32.1 Å². The van der Waals surface area contributed by atoms with Gasteiger partial charge in [-0.2, -0.15) is 13.2 Å². The Balaban J connectivity index is 4.17. The van der Waals surface area contributed by atoms with Crippen LogP contribution in [0.25, 0.3) is 0 Å². The Morgan fingerprint density at radius 2 is 1.53 bits per heavy atom. The van der Waals surface area contributed by atoms with E-state index in [2.05, 4.69) is 4.74 Å². The molecule has 1 unspecified atom stereocenters. The normalized spacial score (nSPS) is 15.8. The van der Waals surface area contributed by atoms with E-state index in [0.717, 1.165) is 0 Å². The summed E-state index contributed by atoms with van der Waals surface area (Å²) in [6.45, 7) is 1.57. The van der Waals surface area contributed by atoms with Crippen LogP contribution in [0.3, 0.4) is 0 Å². The van der Waals surface area contributed by atoms with E-state index in [1.165, 1.54) is 0 Å². The average Bonchev–Trinajstić information content (AvgIpc) is 2.00. The van der Waals surface area contributed by atoms with Crippen molar-refractivity contribution in [2.24, 2.45) is 5.92 Å². The van der Waals surface area contributed by atoms with E-state index >= 15 is 0 Å². The predicted molar refractivity (Wildman–Crippen MR) is 41.6 cm³/mol. The lowest BCUT2D eigenvalue weighted by atomic mass is 10.2. The van der Waals surface area contributed by atoms with E-state index in [-0.39, 0.29) is 12.5 Å². The van der Waals surface area contributed by atoms with E-state index < -0.39 is 24.9 Å². The van der Waals surface area contributed by atoms with Crippen molar-refractivity contribution >= 4 is 0 Å². The highest BCUT2D eigenvalue weighted by atomic mass is 19.4. The number of ether oxygens (including phenoxy) is 1. The molecular weight excluding hydrogens is 226 g/mol. The maximum absolute atomic E-state index is 12.5. The predicted octanol–water partition coefficient (Wildman–Crippen LogP) is 3.19. The van der Waals surface area contributed by atoms with Crippen LogP contribution in [-0.2, 0) is 4.74 Å². The van der Waals surface area contributed by atoms with Crippen molar-refractivity contribution in [2.75, 3.05) is 13.2 Å². The number of halogens is 6. The van der Waals surface area contributed by atoms with Gasteiger partial charge in [-0.25, -0.2) is 13.2 Å². The van der Waals surface area contributed by atoms with Crippen molar-refractivity contribution in [3.05, 3.63) is 0 Å². The van der Waals surface area contributed by atoms with E-state index in [0.29, 0.717) is 0 Å². The molecule has 0 bridgehead atoms. The average molecular weight is 238 g/mol. The molecule has 0 aliphatic heterocycles. The fourth-order valence-electron chi connectivity index (χ4n) is 0.743. The highest BCUT2D eigenvalue weighted by molar-refractivity contribution is 4.82. The minimum Gasteiger partial charge on any atom is -0.375 e. The van der Waals surface area contributed by atoms with Crippen molar-refractivity contribution in [3.8, 4) is 0 Å². The minimum absolute atomic E-state index is 0.107. The fraction of sp³-hybridized carbons (Fsp3) is 1.00. The van der Waals surface area contributed by atoms with Crippen LogP contribution in [0.15, 0.2) is 0 Å². The van der Waals surface area contributed by atoms with Gasteiger partial charge in [0.1, 0.15) is 6.61 Å². The molecule has 0 aromatic carbocycles. The summed E-state index contributed by atoms with van der Waals surface area (Å²) in [5.74, 6) is -4.64. The molecule has 0 aliphatic carbocycles. The smallest absolute Gasteiger partial charge is 0.375 e. The number of alkyl halides is 6. The third kappa shape index (κ3) is 5.25. The summed E-state index contributed by atoms with van der Waals surface area (Å²) < 4.78 is 76.5. The molecular formula is C8H12F6O. The van der Waals surface area contributed by atoms with E-state index in [4.69, 9.17) is 0 Å². The van der Waals surface area contributed by atoms with Crippen molar-refractivity contribution in [3.63, 3.8) is 0 Å². The second kappa shape index (κ2) is 5.05. The lowest BCUT2D eigenvalue weighted by Crippen LogP contribution is -2.44. The molecule has 0 radical (unpaired) electrons. The van der Waals surface area contributed by atoms with Gasteiger partial charge in [0, 0.05) is 6.61 Å². The van der Waals surface area contributed by atoms with E-state index in [1.54, 1.807) is 13.8 Å². The van der Waals surface area contributed by atoms with Gasteiger partial charge in [0.2, 0.25) is 0 Å². The maximum atomic E-state index is 12.5. The molecule has 0 rings (SSSR count). The minimum atomic E-state index is -5.56. The van der Waals surface area contributed by atoms with Gasteiger partial charge in [-0.3, -0.25) is 0 Å². The first-order chi connectivity index (χ1) is 6.57. The van der Waals surface area contributed by atoms with Gasteiger partial charge in [0.25, 0.3) is 6.17 Å². The second-order valence-corrected chi connectivity index (χ2v) is 3.57. The first-order valence-corrected chi connectivity index (χ1v) is 4.23. The molecule has 0 spiro atoms. The zero-order valence-corrected chi connectivity index (χ0v) is 8.24. The Bertz CT molecular complexity index is 188. The first kappa shape index (κ1) is 14.5. The molecule has 0 fully saturated rings. The van der Waals surface area contributed by atoms with Gasteiger partial charge < -0.3 is 4.74 Å². The number of rotatable bonds is 5. The Morgan fingerprint density at radius 3 is 1.87 bits per heavy atom. The number of hydrogen-bond acceptors (Lipinski definition) is 1. The van der Waals surface area contributed by atoms with Crippen LogP contribution in [0, 0.1) is 5.92 Å². The molecule has 0 saturated carbocycles. The van der Waals surface area contributed by atoms with E-state index in [1.807, 2.05) is 0 Å². The van der Waals surface area contributed by atoms with Crippen molar-refractivity contribution in [1.29, 1.82) is 0 Å². The molecule has 0 heterocycles. The molecule has 0 aromatic rings. The molecule has 7 heteroatoms. The lowest BCUT2D eigenvalue weighted by Gasteiger charge is -2.22. The van der Waals surface area contributed by atoms with Gasteiger partial charge in [0.15, 0.2) is 0 Å². The van der Waals surface area contributed by atoms with E-state index in [9.17, 15) is 26.3 Å². The molecule has 0 aromatic heterocycles. The molecule has 1 nitrogen and oxygen atoms in total. The molecule has 0 amide bonds. The van der Waals surface area contributed by atoms with Crippen LogP contribution in [0.2, 0.25) is 0 Å². The highest BCUT2D eigenvalue weighted by Gasteiger charge is 2.56. The maximum Gasteiger partial charge on any atom is 0.425 e. The molecule has 15 heavy (non-hydrogen) atoms. The lowest BCUT2D eigenvalue weighted by molar-refractivity contribution is -0.255. The van der Waals surface area contributed by atoms with Crippen LogP contribution >= 0.6 is 0 Å². The molecule has 1 atom stereocenters. The zero-order valence-electron chi connectivity index (χ0n) is 8.24. The van der Waals surface area contributed by atoms with Gasteiger partial charge in [0.05, 0.1) is 0 Å². The topological polar surface area (TPSA) is 9.23 Å². The monoisotopic (exact) mass is 238 g/mol. The Hall–Kier alpha value is -0.460. The summed E-state index contributed by atoms with van der Waals surface area (Å²) in [7, 11) is 0. The Labute approximate surface area is 83.4 Å². The van der Waals surface area contributed by atoms with Gasteiger partial charge in [-0.1, -0.05) is 13.8 Å². The van der Waals surface area contributed by atoms with Crippen LogP contribution in [-0.4, -0.2) is 31.5 Å². The highest BCUT2D eigenvalue weighted by Crippen LogP contribution is 2.34. The summed E-state index contributed by atoms with van der Waals surface area (Å²) in [5.41, 5.74) is 0. The summed E-state index contributed by atoms with van der Waals surface area (Å²) in [5, 5.41) is 0. The summed E-state index contributed by atoms with van der Waals surface area (Å²) in [6.07, 6.45) is -9.75. The first-order valence-electron chi connectivity index (χ1n) is 4.23. The summed E-state index contributed by atoms with van der Waals surface area (Å²) in [6, 6.07) is 0. The zero-order chi connectivity index (χ0) is 12.3. The largest absolute Gasteiger partial charge is 0.425 e. The third-order valence-corrected chi connectivity index (χ3v) is 1.40. The Morgan fingerprint density at radius 1 is 1.07 bits per heavy atom. The van der Waals surface area contributed by atoms with Crippen LogP contribution in [0.4, 0.5) is 26.3 Å².